The summed E-state index contributed by atoms with van der Waals surface area (Å²) in [6, 6.07) is 13.9. The van der Waals surface area contributed by atoms with Crippen molar-refractivity contribution in [2.45, 2.75) is 94.9 Å². The Hall–Kier alpha value is -4.33. The number of ether oxygens (including phenoxy) is 2. The summed E-state index contributed by atoms with van der Waals surface area (Å²) in [4.78, 5) is 61.7. The van der Waals surface area contributed by atoms with E-state index >= 15 is 0 Å². The minimum absolute atomic E-state index is 0.0896. The van der Waals surface area contributed by atoms with Gasteiger partial charge in [-0.05, 0) is 120 Å². The molecule has 3 fully saturated rings. The Morgan fingerprint density at radius 3 is 2.43 bits per heavy atom. The molecule has 1 saturated carbocycles. The Bertz CT molecular complexity index is 1620. The lowest BCUT2D eigenvalue weighted by Crippen LogP contribution is -2.58. The molecule has 3 heterocycles. The molecule has 3 aliphatic rings. The molecule has 1 aliphatic carbocycles. The molecule has 2 aliphatic heterocycles. The van der Waals surface area contributed by atoms with Crippen LogP contribution < -0.4 is 21.7 Å². The number of nitrogens with one attached hydrogen (secondary N) is 3. The number of carbonyl (C=O) groups excluding carboxylic acids is 4. The van der Waals surface area contributed by atoms with Crippen LogP contribution in [0, 0.1) is 11.8 Å². The van der Waals surface area contributed by atoms with Gasteiger partial charge in [0.25, 0.3) is 5.89 Å². The molecule has 2 saturated heterocycles. The predicted molar refractivity (Wildman–Crippen MR) is 199 cm³/mol. The van der Waals surface area contributed by atoms with E-state index in [0.717, 1.165) is 50.8 Å². The number of oxazole rings is 1. The number of hydrogen-bond acceptors (Lipinski definition) is 10. The number of likely N-dealkylation sites (tertiary alicyclic amines) is 1. The van der Waals surface area contributed by atoms with Crippen molar-refractivity contribution < 1.29 is 33.1 Å². The third-order valence-corrected chi connectivity index (χ3v) is 10.6. The highest BCUT2D eigenvalue weighted by atomic mass is 16.5. The molecule has 0 bridgehead atoms. The number of fused-ring (bicyclic) bond motifs is 1. The number of rotatable bonds is 19. The number of hydrogen-bond donors (Lipinski definition) is 4. The molecule has 5 N–H and O–H groups in total. The molecule has 13 heteroatoms. The number of piperidine rings is 1. The zero-order valence-corrected chi connectivity index (χ0v) is 30.5. The highest BCUT2D eigenvalue weighted by Crippen LogP contribution is 2.29. The van der Waals surface area contributed by atoms with Crippen molar-refractivity contribution in [3.8, 4) is 0 Å². The normalized spacial score (nSPS) is 20.2. The SMILES string of the molecule is NCCCC[C@H](NC(=O)[C@@H]1[C@@H](OCCC2CCNCC2)CCN1C(=O)[C@@H](CCc1ccccc1)NC(=O)OCC1CC1)C(=O)c1nc2ccccc2o1. The quantitative estimate of drug-likeness (QED) is 0.104. The fourth-order valence-electron chi connectivity index (χ4n) is 7.27. The number of nitrogens with zero attached hydrogens (tertiary/aromatic N) is 2. The largest absolute Gasteiger partial charge is 0.449 e. The lowest BCUT2D eigenvalue weighted by atomic mass is 9.95. The number of carbonyl (C=O) groups is 4. The van der Waals surface area contributed by atoms with E-state index in [1.807, 2.05) is 36.4 Å². The van der Waals surface area contributed by atoms with Crippen LogP contribution in [-0.2, 0) is 25.5 Å². The molecule has 2 aromatic carbocycles. The van der Waals surface area contributed by atoms with Crippen molar-refractivity contribution in [2.24, 2.45) is 17.6 Å². The summed E-state index contributed by atoms with van der Waals surface area (Å²) in [6.07, 6.45) is 6.63. The Balaban J connectivity index is 1.21. The monoisotopic (exact) mass is 730 g/mol. The molecule has 286 valence electrons. The first-order chi connectivity index (χ1) is 25.9. The average Bonchev–Trinajstić information content (AvgIpc) is 3.76. The molecule has 6 rings (SSSR count). The summed E-state index contributed by atoms with van der Waals surface area (Å²) in [6.45, 7) is 3.41. The number of aromatic nitrogens is 1. The smallest absolute Gasteiger partial charge is 0.407 e. The van der Waals surface area contributed by atoms with Crippen LogP contribution in [0.4, 0.5) is 4.79 Å². The van der Waals surface area contributed by atoms with Crippen LogP contribution in [0.1, 0.15) is 80.5 Å². The van der Waals surface area contributed by atoms with E-state index < -0.39 is 42.0 Å². The fraction of sp³-hybridized carbons (Fsp3) is 0.575. The first-order valence-electron chi connectivity index (χ1n) is 19.4. The maximum absolute atomic E-state index is 14.5. The first kappa shape index (κ1) is 38.4. The fourth-order valence-corrected chi connectivity index (χ4v) is 7.27. The summed E-state index contributed by atoms with van der Waals surface area (Å²) in [5, 5.41) is 9.18. The molecule has 1 aromatic heterocycles. The van der Waals surface area contributed by atoms with Crippen molar-refractivity contribution in [3.05, 3.63) is 66.1 Å². The lowest BCUT2D eigenvalue weighted by Gasteiger charge is -2.32. The number of ketones is 1. The number of para-hydroxylation sites is 2. The third kappa shape index (κ3) is 10.9. The molecule has 4 atom stereocenters. The van der Waals surface area contributed by atoms with Gasteiger partial charge in [-0.2, -0.15) is 0 Å². The summed E-state index contributed by atoms with van der Waals surface area (Å²) in [5.74, 6) is -0.539. The Morgan fingerprint density at radius 1 is 0.906 bits per heavy atom. The Morgan fingerprint density at radius 2 is 1.68 bits per heavy atom. The average molecular weight is 731 g/mol. The van der Waals surface area contributed by atoms with Crippen LogP contribution >= 0.6 is 0 Å². The maximum atomic E-state index is 14.5. The van der Waals surface area contributed by atoms with E-state index in [2.05, 4.69) is 20.9 Å². The third-order valence-electron chi connectivity index (χ3n) is 10.6. The molecule has 13 nitrogen and oxygen atoms in total. The number of alkyl carbamates (subject to hydrolysis) is 1. The minimum Gasteiger partial charge on any atom is -0.449 e. The minimum atomic E-state index is -1.02. The van der Waals surface area contributed by atoms with Gasteiger partial charge in [-0.3, -0.25) is 14.4 Å². The molecular weight excluding hydrogens is 676 g/mol. The van der Waals surface area contributed by atoms with Crippen molar-refractivity contribution >= 4 is 34.8 Å². The van der Waals surface area contributed by atoms with Gasteiger partial charge < -0.3 is 40.5 Å². The second-order valence-corrected chi connectivity index (χ2v) is 14.6. The van der Waals surface area contributed by atoms with E-state index in [1.165, 1.54) is 4.90 Å². The van der Waals surface area contributed by atoms with Crippen LogP contribution in [0.3, 0.4) is 0 Å². The summed E-state index contributed by atoms with van der Waals surface area (Å²) in [5.41, 5.74) is 7.82. The zero-order chi connectivity index (χ0) is 37.0. The molecular formula is C40H54N6O7. The molecule has 3 aromatic rings. The van der Waals surface area contributed by atoms with Gasteiger partial charge >= 0.3 is 6.09 Å². The van der Waals surface area contributed by atoms with Gasteiger partial charge in [-0.1, -0.05) is 42.5 Å². The van der Waals surface area contributed by atoms with Crippen LogP contribution in [0.15, 0.2) is 59.0 Å². The molecule has 0 radical (unpaired) electrons. The number of Topliss-reactive ketones (excluding diaryl/α,β-unsaturated/α-hetero) is 1. The Labute approximate surface area is 311 Å². The lowest BCUT2D eigenvalue weighted by molar-refractivity contribution is -0.143. The number of aryl methyl sites for hydroxylation is 1. The standard InChI is InChI=1S/C40H54N6O7/c41-21-7-6-11-31(36(47)38-44-30-10-4-5-12-33(30)53-38)43-37(48)35-34(51-25-20-28-17-22-42-23-18-28)19-24-46(35)39(49)32(16-15-27-8-2-1-3-9-27)45-40(50)52-26-29-13-14-29/h1-5,8-10,12,28-29,31-32,34-35,42H,6-7,11,13-26,41H2,(H,43,48)(H,45,50)/t31-,32+,34-,35-/m0/s1. The van der Waals surface area contributed by atoms with Gasteiger partial charge in [0.1, 0.15) is 17.6 Å². The van der Waals surface area contributed by atoms with Crippen molar-refractivity contribution in [1.82, 2.24) is 25.8 Å². The molecule has 53 heavy (non-hydrogen) atoms. The number of amides is 3. The second-order valence-electron chi connectivity index (χ2n) is 14.6. The van der Waals surface area contributed by atoms with Gasteiger partial charge in [0, 0.05) is 13.2 Å². The molecule has 3 amide bonds. The van der Waals surface area contributed by atoms with Crippen LogP contribution in [-0.4, -0.2) is 97.2 Å². The number of unbranched alkanes of at least 4 members (excludes halogenated alkanes) is 1. The van der Waals surface area contributed by atoms with E-state index in [1.54, 1.807) is 18.2 Å². The maximum Gasteiger partial charge on any atom is 0.407 e. The second kappa shape index (κ2) is 19.1. The van der Waals surface area contributed by atoms with E-state index in [0.29, 0.717) is 81.2 Å². The van der Waals surface area contributed by atoms with Crippen molar-refractivity contribution in [1.29, 1.82) is 0 Å². The van der Waals surface area contributed by atoms with Gasteiger partial charge in [-0.25, -0.2) is 9.78 Å². The predicted octanol–water partition coefficient (Wildman–Crippen LogP) is 4.14. The summed E-state index contributed by atoms with van der Waals surface area (Å²) < 4.78 is 17.7. The van der Waals surface area contributed by atoms with E-state index in [4.69, 9.17) is 19.6 Å². The van der Waals surface area contributed by atoms with E-state index in [-0.39, 0.29) is 18.3 Å². The summed E-state index contributed by atoms with van der Waals surface area (Å²) >= 11 is 0. The number of nitrogens with two attached hydrogens (primary N) is 1. The van der Waals surface area contributed by atoms with Crippen LogP contribution in [0.5, 0.6) is 0 Å². The van der Waals surface area contributed by atoms with Gasteiger partial charge in [0.05, 0.1) is 18.8 Å². The van der Waals surface area contributed by atoms with E-state index in [9.17, 15) is 19.2 Å². The Kier molecular flexibility index (Phi) is 13.9. The van der Waals surface area contributed by atoms with Gasteiger partial charge in [0.2, 0.25) is 17.6 Å². The van der Waals surface area contributed by atoms with Crippen LogP contribution in [0.25, 0.3) is 11.1 Å². The van der Waals surface area contributed by atoms with Crippen molar-refractivity contribution in [2.75, 3.05) is 39.4 Å². The van der Waals surface area contributed by atoms with Gasteiger partial charge in [-0.15, -0.1) is 0 Å². The zero-order valence-electron chi connectivity index (χ0n) is 30.5. The topological polar surface area (TPSA) is 178 Å². The number of benzene rings is 2. The first-order valence-corrected chi connectivity index (χ1v) is 19.4. The van der Waals surface area contributed by atoms with Gasteiger partial charge in [0.15, 0.2) is 5.58 Å². The highest BCUT2D eigenvalue weighted by Gasteiger charge is 2.45. The van der Waals surface area contributed by atoms with Crippen LogP contribution in [0.2, 0.25) is 0 Å². The molecule has 0 unspecified atom stereocenters. The highest BCUT2D eigenvalue weighted by molar-refractivity contribution is 6.01. The van der Waals surface area contributed by atoms with Crippen molar-refractivity contribution in [3.63, 3.8) is 0 Å². The molecule has 0 spiro atoms. The summed E-state index contributed by atoms with van der Waals surface area (Å²) in [7, 11) is 0.